The molecular formula is C17H30N2O4. The Hall–Kier alpha value is -1.43. The molecule has 0 aliphatic heterocycles. The summed E-state index contributed by atoms with van der Waals surface area (Å²) in [5, 5.41) is 0. The van der Waals surface area contributed by atoms with Crippen LogP contribution in [0.5, 0.6) is 0 Å². The van der Waals surface area contributed by atoms with Gasteiger partial charge in [0.1, 0.15) is 11.4 Å². The monoisotopic (exact) mass is 326 g/mol. The van der Waals surface area contributed by atoms with Gasteiger partial charge in [-0.3, -0.25) is 14.4 Å². The van der Waals surface area contributed by atoms with Gasteiger partial charge in [-0.25, -0.2) is 0 Å². The summed E-state index contributed by atoms with van der Waals surface area (Å²) < 4.78 is 5.25. The largest absolute Gasteiger partial charge is 0.460 e. The summed E-state index contributed by atoms with van der Waals surface area (Å²) in [6.45, 7) is 7.43. The lowest BCUT2D eigenvalue weighted by Crippen LogP contribution is -2.47. The van der Waals surface area contributed by atoms with Gasteiger partial charge in [0, 0.05) is 18.3 Å². The van der Waals surface area contributed by atoms with Crippen LogP contribution in [0.2, 0.25) is 0 Å². The molecule has 6 nitrogen and oxygen atoms in total. The highest BCUT2D eigenvalue weighted by molar-refractivity contribution is 5.84. The van der Waals surface area contributed by atoms with E-state index < -0.39 is 17.4 Å². The third kappa shape index (κ3) is 5.61. The van der Waals surface area contributed by atoms with Crippen LogP contribution < -0.4 is 11.5 Å². The predicted octanol–water partition coefficient (Wildman–Crippen LogP) is 1.54. The van der Waals surface area contributed by atoms with E-state index in [9.17, 15) is 14.4 Å². The van der Waals surface area contributed by atoms with Crippen LogP contribution in [-0.2, 0) is 19.1 Å². The van der Waals surface area contributed by atoms with Crippen LogP contribution in [-0.4, -0.2) is 29.8 Å². The zero-order chi connectivity index (χ0) is 17.8. The second-order valence-electron chi connectivity index (χ2n) is 7.84. The first kappa shape index (κ1) is 19.6. The number of primary amides is 1. The molecule has 3 atom stereocenters. The summed E-state index contributed by atoms with van der Waals surface area (Å²) in [4.78, 5) is 35.4. The summed E-state index contributed by atoms with van der Waals surface area (Å²) >= 11 is 0. The summed E-state index contributed by atoms with van der Waals surface area (Å²) in [5.74, 6) is -1.26. The van der Waals surface area contributed by atoms with Crippen LogP contribution in [0, 0.1) is 17.3 Å². The third-order valence-electron chi connectivity index (χ3n) is 4.67. The number of carbonyl (C=O) groups is 3. The Morgan fingerprint density at radius 2 is 1.91 bits per heavy atom. The van der Waals surface area contributed by atoms with Crippen molar-refractivity contribution in [3.8, 4) is 0 Å². The van der Waals surface area contributed by atoms with Crippen molar-refractivity contribution < 1.29 is 19.1 Å². The van der Waals surface area contributed by atoms with Crippen molar-refractivity contribution in [1.29, 1.82) is 0 Å². The number of nitrogens with two attached hydrogens (primary N) is 2. The van der Waals surface area contributed by atoms with Crippen LogP contribution >= 0.6 is 0 Å². The molecule has 0 spiro atoms. The van der Waals surface area contributed by atoms with Crippen molar-refractivity contribution in [1.82, 2.24) is 0 Å². The number of ether oxygens (including phenoxy) is 1. The van der Waals surface area contributed by atoms with E-state index in [1.165, 1.54) is 0 Å². The number of esters is 1. The molecule has 0 aromatic heterocycles. The lowest BCUT2D eigenvalue weighted by molar-refractivity contribution is -0.155. The molecule has 1 aliphatic rings. The van der Waals surface area contributed by atoms with E-state index >= 15 is 0 Å². The fraction of sp³-hybridized carbons (Fsp3) is 0.824. The Balaban J connectivity index is 2.61. The first-order valence-corrected chi connectivity index (χ1v) is 8.22. The molecule has 0 radical (unpaired) electrons. The van der Waals surface area contributed by atoms with Gasteiger partial charge in [0.05, 0.1) is 6.54 Å². The maximum absolute atomic E-state index is 11.9. The first-order chi connectivity index (χ1) is 10.5. The van der Waals surface area contributed by atoms with Crippen LogP contribution in [0.15, 0.2) is 0 Å². The molecule has 3 unspecified atom stereocenters. The molecule has 1 rings (SSSR count). The fourth-order valence-electron chi connectivity index (χ4n) is 3.31. The van der Waals surface area contributed by atoms with Crippen LogP contribution in [0.3, 0.4) is 0 Å². The number of Topliss-reactive ketones (excluding diaryl/α,β-unsaturated/α-hetero) is 1. The highest BCUT2D eigenvalue weighted by atomic mass is 16.6. The fourth-order valence-corrected chi connectivity index (χ4v) is 3.31. The quantitative estimate of drug-likeness (QED) is 0.657. The molecule has 0 aromatic carbocycles. The number of amides is 1. The molecular weight excluding hydrogens is 296 g/mol. The van der Waals surface area contributed by atoms with Crippen molar-refractivity contribution in [3.05, 3.63) is 0 Å². The number of ketones is 1. The van der Waals surface area contributed by atoms with Crippen LogP contribution in [0.25, 0.3) is 0 Å². The Morgan fingerprint density at radius 1 is 1.30 bits per heavy atom. The molecule has 0 saturated heterocycles. The van der Waals surface area contributed by atoms with E-state index in [1.807, 2.05) is 6.92 Å². The maximum Gasteiger partial charge on any atom is 0.306 e. The summed E-state index contributed by atoms with van der Waals surface area (Å²) in [6.07, 6.45) is 2.70. The van der Waals surface area contributed by atoms with Crippen molar-refractivity contribution in [2.24, 2.45) is 28.7 Å². The highest BCUT2D eigenvalue weighted by Crippen LogP contribution is 2.51. The lowest BCUT2D eigenvalue weighted by atomic mass is 9.56. The molecule has 1 aliphatic carbocycles. The predicted molar refractivity (Wildman–Crippen MR) is 87.3 cm³/mol. The van der Waals surface area contributed by atoms with E-state index in [1.54, 1.807) is 20.8 Å². The van der Waals surface area contributed by atoms with Gasteiger partial charge in [-0.2, -0.15) is 0 Å². The smallest absolute Gasteiger partial charge is 0.306 e. The molecule has 6 heteroatoms. The minimum Gasteiger partial charge on any atom is -0.460 e. The second kappa shape index (κ2) is 7.43. The Morgan fingerprint density at radius 3 is 2.30 bits per heavy atom. The van der Waals surface area contributed by atoms with Gasteiger partial charge in [0.2, 0.25) is 5.91 Å². The molecule has 23 heavy (non-hydrogen) atoms. The average molecular weight is 326 g/mol. The van der Waals surface area contributed by atoms with Crippen molar-refractivity contribution in [2.75, 3.05) is 6.54 Å². The van der Waals surface area contributed by atoms with Crippen LogP contribution in [0.1, 0.15) is 59.8 Å². The van der Waals surface area contributed by atoms with Gasteiger partial charge in [0.25, 0.3) is 0 Å². The normalized spacial score (nSPS) is 25.3. The van der Waals surface area contributed by atoms with Gasteiger partial charge in [-0.1, -0.05) is 6.92 Å². The Bertz CT molecular complexity index is 470. The average Bonchev–Trinajstić information content (AvgIpc) is 2.39. The van der Waals surface area contributed by atoms with Gasteiger partial charge < -0.3 is 16.2 Å². The Kier molecular flexibility index (Phi) is 6.33. The van der Waals surface area contributed by atoms with Gasteiger partial charge >= 0.3 is 5.97 Å². The molecule has 0 aromatic rings. The SMILES string of the molecule is CC(C)(C)OC(=O)CCC(CC1(C)CCC1C(=O)CN)C(N)=O. The van der Waals surface area contributed by atoms with Gasteiger partial charge in [0.15, 0.2) is 0 Å². The van der Waals surface area contributed by atoms with Crippen molar-refractivity contribution in [3.63, 3.8) is 0 Å². The number of hydrogen-bond acceptors (Lipinski definition) is 5. The number of hydrogen-bond donors (Lipinski definition) is 2. The molecule has 1 saturated carbocycles. The molecule has 4 N–H and O–H groups in total. The zero-order valence-corrected chi connectivity index (χ0v) is 14.7. The first-order valence-electron chi connectivity index (χ1n) is 8.22. The topological polar surface area (TPSA) is 112 Å². The molecule has 0 heterocycles. The number of rotatable bonds is 8. The van der Waals surface area contributed by atoms with E-state index in [0.717, 1.165) is 12.8 Å². The second-order valence-corrected chi connectivity index (χ2v) is 7.84. The van der Waals surface area contributed by atoms with Crippen molar-refractivity contribution >= 4 is 17.7 Å². The lowest BCUT2D eigenvalue weighted by Gasteiger charge is -2.47. The van der Waals surface area contributed by atoms with Crippen molar-refractivity contribution in [2.45, 2.75) is 65.4 Å². The maximum atomic E-state index is 11.9. The van der Waals surface area contributed by atoms with E-state index in [4.69, 9.17) is 16.2 Å². The van der Waals surface area contributed by atoms with E-state index in [0.29, 0.717) is 12.8 Å². The minimum atomic E-state index is -0.544. The summed E-state index contributed by atoms with van der Waals surface area (Å²) in [7, 11) is 0. The molecule has 132 valence electrons. The van der Waals surface area contributed by atoms with E-state index in [-0.39, 0.29) is 36.1 Å². The molecule has 1 fully saturated rings. The summed E-state index contributed by atoms with van der Waals surface area (Å²) in [6, 6.07) is 0. The molecule has 1 amide bonds. The van der Waals surface area contributed by atoms with Gasteiger partial charge in [-0.15, -0.1) is 0 Å². The number of carbonyl (C=O) groups excluding carboxylic acids is 3. The van der Waals surface area contributed by atoms with E-state index in [2.05, 4.69) is 0 Å². The van der Waals surface area contributed by atoms with Crippen LogP contribution in [0.4, 0.5) is 0 Å². The summed E-state index contributed by atoms with van der Waals surface area (Å²) in [5.41, 5.74) is 10.1. The van der Waals surface area contributed by atoms with Gasteiger partial charge in [-0.05, 0) is 51.9 Å². The minimum absolute atomic E-state index is 0.0272. The molecule has 0 bridgehead atoms. The standard InChI is InChI=1S/C17H30N2O4/c1-16(2,3)23-14(21)6-5-11(15(19)22)9-17(4)8-7-12(17)13(20)10-18/h11-12H,5-10,18H2,1-4H3,(H2,19,22). The highest BCUT2D eigenvalue weighted by Gasteiger charge is 2.47. The Labute approximate surface area is 138 Å². The third-order valence-corrected chi connectivity index (χ3v) is 4.67. The zero-order valence-electron chi connectivity index (χ0n) is 14.7.